The average molecular weight is 178 g/mol. The summed E-state index contributed by atoms with van der Waals surface area (Å²) in [5, 5.41) is 7.44. The van der Waals surface area contributed by atoms with Crippen molar-refractivity contribution < 1.29 is 9.53 Å². The lowest BCUT2D eigenvalue weighted by Crippen LogP contribution is -2.06. The largest absolute Gasteiger partial charge is 0.465 e. The van der Waals surface area contributed by atoms with Gasteiger partial charge in [0.15, 0.2) is 0 Å². The molecule has 2 rings (SSSR count). The van der Waals surface area contributed by atoms with Crippen LogP contribution in [0.25, 0.3) is 0 Å². The smallest absolute Gasteiger partial charge is 0.339 e. The van der Waals surface area contributed by atoms with E-state index in [1.165, 1.54) is 13.3 Å². The van der Waals surface area contributed by atoms with Crippen molar-refractivity contribution in [2.24, 2.45) is 0 Å². The number of hydrogen-bond donors (Lipinski definition) is 0. The molecule has 1 aliphatic carbocycles. The normalized spacial score (nSPS) is 15.5. The first kappa shape index (κ1) is 8.16. The summed E-state index contributed by atoms with van der Waals surface area (Å²) in [6.07, 6.45) is 5.40. The number of aromatic nitrogens is 2. The van der Waals surface area contributed by atoms with Crippen LogP contribution in [-0.2, 0) is 4.74 Å². The predicted octanol–water partition coefficient (Wildman–Crippen LogP) is 1.14. The van der Waals surface area contributed by atoms with Crippen LogP contribution in [0.15, 0.2) is 12.4 Å². The van der Waals surface area contributed by atoms with Crippen molar-refractivity contribution in [2.45, 2.75) is 18.8 Å². The summed E-state index contributed by atoms with van der Waals surface area (Å²) in [5.41, 5.74) is 1.53. The van der Waals surface area contributed by atoms with Crippen LogP contribution in [0, 0.1) is 0 Å². The third-order valence-electron chi connectivity index (χ3n) is 2.18. The molecule has 0 spiro atoms. The third-order valence-corrected chi connectivity index (χ3v) is 2.18. The molecule has 4 heteroatoms. The topological polar surface area (TPSA) is 52.1 Å². The van der Waals surface area contributed by atoms with Crippen LogP contribution < -0.4 is 0 Å². The minimum atomic E-state index is -0.322. The SMILES string of the molecule is COC(=O)c1cnncc1C1CC1. The molecule has 0 saturated heterocycles. The zero-order chi connectivity index (χ0) is 9.26. The van der Waals surface area contributed by atoms with Gasteiger partial charge >= 0.3 is 5.97 Å². The minimum absolute atomic E-state index is 0.322. The van der Waals surface area contributed by atoms with E-state index in [-0.39, 0.29) is 5.97 Å². The van der Waals surface area contributed by atoms with Gasteiger partial charge in [0.05, 0.1) is 25.1 Å². The van der Waals surface area contributed by atoms with E-state index < -0.39 is 0 Å². The number of hydrogen-bond acceptors (Lipinski definition) is 4. The van der Waals surface area contributed by atoms with Gasteiger partial charge in [-0.25, -0.2) is 4.79 Å². The Labute approximate surface area is 75.9 Å². The van der Waals surface area contributed by atoms with Crippen LogP contribution in [0.4, 0.5) is 0 Å². The van der Waals surface area contributed by atoms with Crippen molar-refractivity contribution in [3.63, 3.8) is 0 Å². The maximum Gasteiger partial charge on any atom is 0.339 e. The Kier molecular flexibility index (Phi) is 1.96. The molecule has 0 bridgehead atoms. The highest BCUT2D eigenvalue weighted by molar-refractivity contribution is 5.90. The van der Waals surface area contributed by atoms with E-state index in [1.54, 1.807) is 6.20 Å². The van der Waals surface area contributed by atoms with Gasteiger partial charge in [0.1, 0.15) is 0 Å². The van der Waals surface area contributed by atoms with E-state index in [0.29, 0.717) is 11.5 Å². The molecule has 1 fully saturated rings. The van der Waals surface area contributed by atoms with Crippen molar-refractivity contribution >= 4 is 5.97 Å². The van der Waals surface area contributed by atoms with Crippen LogP contribution >= 0.6 is 0 Å². The molecule has 4 nitrogen and oxygen atoms in total. The van der Waals surface area contributed by atoms with Crippen molar-refractivity contribution in [3.8, 4) is 0 Å². The first-order chi connectivity index (χ1) is 6.33. The van der Waals surface area contributed by atoms with Crippen LogP contribution in [0.5, 0.6) is 0 Å². The van der Waals surface area contributed by atoms with Crippen molar-refractivity contribution in [3.05, 3.63) is 23.5 Å². The highest BCUT2D eigenvalue weighted by Crippen LogP contribution is 2.41. The van der Waals surface area contributed by atoms with Gasteiger partial charge in [-0.3, -0.25) is 0 Å². The molecular formula is C9H10N2O2. The zero-order valence-corrected chi connectivity index (χ0v) is 7.36. The summed E-state index contributed by atoms with van der Waals surface area (Å²) < 4.78 is 4.65. The van der Waals surface area contributed by atoms with Crippen molar-refractivity contribution in [1.29, 1.82) is 0 Å². The first-order valence-electron chi connectivity index (χ1n) is 4.22. The number of carbonyl (C=O) groups is 1. The van der Waals surface area contributed by atoms with Crippen LogP contribution in [-0.4, -0.2) is 23.3 Å². The molecule has 1 saturated carbocycles. The molecule has 1 heterocycles. The molecule has 13 heavy (non-hydrogen) atoms. The van der Waals surface area contributed by atoms with Crippen LogP contribution in [0.1, 0.15) is 34.7 Å². The van der Waals surface area contributed by atoms with Gasteiger partial charge in [-0.15, -0.1) is 0 Å². The Morgan fingerprint density at radius 2 is 2.15 bits per heavy atom. The molecule has 68 valence electrons. The van der Waals surface area contributed by atoms with E-state index in [9.17, 15) is 4.79 Å². The van der Waals surface area contributed by atoms with E-state index in [0.717, 1.165) is 18.4 Å². The molecule has 0 unspecified atom stereocenters. The first-order valence-corrected chi connectivity index (χ1v) is 4.22. The summed E-state index contributed by atoms with van der Waals surface area (Å²) in [5.74, 6) is 0.168. The van der Waals surface area contributed by atoms with Gasteiger partial charge in [-0.1, -0.05) is 0 Å². The zero-order valence-electron chi connectivity index (χ0n) is 7.36. The highest BCUT2D eigenvalue weighted by atomic mass is 16.5. The second-order valence-corrected chi connectivity index (χ2v) is 3.12. The molecule has 0 N–H and O–H groups in total. The van der Waals surface area contributed by atoms with Crippen LogP contribution in [0.3, 0.4) is 0 Å². The Morgan fingerprint density at radius 1 is 1.46 bits per heavy atom. The number of methoxy groups -OCH3 is 1. The minimum Gasteiger partial charge on any atom is -0.465 e. The second kappa shape index (κ2) is 3.12. The van der Waals surface area contributed by atoms with Crippen molar-refractivity contribution in [2.75, 3.05) is 7.11 Å². The van der Waals surface area contributed by atoms with Gasteiger partial charge in [0.25, 0.3) is 0 Å². The number of nitrogens with zero attached hydrogens (tertiary/aromatic N) is 2. The lowest BCUT2D eigenvalue weighted by molar-refractivity contribution is 0.0598. The molecule has 0 atom stereocenters. The summed E-state index contributed by atoms with van der Waals surface area (Å²) >= 11 is 0. The number of rotatable bonds is 2. The Balaban J connectivity index is 2.36. The summed E-state index contributed by atoms with van der Waals surface area (Å²) in [4.78, 5) is 11.3. The van der Waals surface area contributed by atoms with E-state index in [4.69, 9.17) is 0 Å². The van der Waals surface area contributed by atoms with Gasteiger partial charge in [-0.2, -0.15) is 10.2 Å². The molecule has 1 aromatic rings. The Hall–Kier alpha value is -1.45. The number of carbonyl (C=O) groups excluding carboxylic acids is 1. The average Bonchev–Trinajstić information content (AvgIpc) is 3.00. The molecule has 1 aliphatic rings. The molecule has 0 amide bonds. The quantitative estimate of drug-likeness (QED) is 0.637. The molecular weight excluding hydrogens is 168 g/mol. The van der Waals surface area contributed by atoms with Gasteiger partial charge in [0.2, 0.25) is 0 Å². The molecule has 0 aromatic carbocycles. The monoisotopic (exact) mass is 178 g/mol. The van der Waals surface area contributed by atoms with Gasteiger partial charge in [0, 0.05) is 0 Å². The van der Waals surface area contributed by atoms with E-state index >= 15 is 0 Å². The number of ether oxygens (including phenoxy) is 1. The molecule has 0 radical (unpaired) electrons. The predicted molar refractivity (Wildman–Crippen MR) is 45.3 cm³/mol. The molecule has 0 aliphatic heterocycles. The van der Waals surface area contributed by atoms with E-state index in [2.05, 4.69) is 14.9 Å². The summed E-state index contributed by atoms with van der Waals surface area (Å²) in [6.45, 7) is 0. The Morgan fingerprint density at radius 3 is 2.77 bits per heavy atom. The fourth-order valence-corrected chi connectivity index (χ4v) is 1.33. The summed E-state index contributed by atoms with van der Waals surface area (Å²) in [7, 11) is 1.37. The van der Waals surface area contributed by atoms with Gasteiger partial charge in [-0.05, 0) is 24.3 Å². The lowest BCUT2D eigenvalue weighted by Gasteiger charge is -2.03. The van der Waals surface area contributed by atoms with Crippen molar-refractivity contribution in [1.82, 2.24) is 10.2 Å². The fraction of sp³-hybridized carbons (Fsp3) is 0.444. The van der Waals surface area contributed by atoms with Crippen LogP contribution in [0.2, 0.25) is 0 Å². The standard InChI is InChI=1S/C9H10N2O2/c1-13-9(12)8-5-11-10-4-7(8)6-2-3-6/h4-6H,2-3H2,1H3. The summed E-state index contributed by atoms with van der Waals surface area (Å²) in [6, 6.07) is 0. The fourth-order valence-electron chi connectivity index (χ4n) is 1.33. The highest BCUT2D eigenvalue weighted by Gasteiger charge is 2.28. The third kappa shape index (κ3) is 1.52. The Bertz CT molecular complexity index is 334. The maximum atomic E-state index is 11.3. The maximum absolute atomic E-state index is 11.3. The van der Waals surface area contributed by atoms with Gasteiger partial charge < -0.3 is 4.74 Å². The molecule has 1 aromatic heterocycles. The lowest BCUT2D eigenvalue weighted by atomic mass is 10.1. The van der Waals surface area contributed by atoms with E-state index in [1.807, 2.05) is 0 Å². The second-order valence-electron chi connectivity index (χ2n) is 3.12. The number of esters is 1.